The number of aromatic nitrogens is 2. The highest BCUT2D eigenvalue weighted by Crippen LogP contribution is 2.31. The zero-order chi connectivity index (χ0) is 13.4. The van der Waals surface area contributed by atoms with Crippen LogP contribution in [-0.4, -0.2) is 45.4 Å². The highest BCUT2D eigenvalue weighted by molar-refractivity contribution is 7.09. The van der Waals surface area contributed by atoms with E-state index in [2.05, 4.69) is 30.5 Å². The zero-order valence-corrected chi connectivity index (χ0v) is 12.9. The van der Waals surface area contributed by atoms with Gasteiger partial charge in [-0.1, -0.05) is 0 Å². The van der Waals surface area contributed by atoms with E-state index in [0.717, 1.165) is 19.0 Å². The highest BCUT2D eigenvalue weighted by atomic mass is 32.1. The molecular formula is C14H18N4S2. The van der Waals surface area contributed by atoms with Crippen molar-refractivity contribution in [2.24, 2.45) is 5.92 Å². The summed E-state index contributed by atoms with van der Waals surface area (Å²) in [4.78, 5) is 14.1. The molecule has 2 bridgehead atoms. The van der Waals surface area contributed by atoms with Crippen LogP contribution in [0, 0.1) is 5.92 Å². The van der Waals surface area contributed by atoms with Crippen molar-refractivity contribution in [2.75, 3.05) is 19.6 Å². The molecule has 2 aliphatic heterocycles. The van der Waals surface area contributed by atoms with Gasteiger partial charge in [0.15, 0.2) is 0 Å². The van der Waals surface area contributed by atoms with Gasteiger partial charge >= 0.3 is 0 Å². The van der Waals surface area contributed by atoms with Crippen LogP contribution in [0.4, 0.5) is 0 Å². The Kier molecular flexibility index (Phi) is 3.56. The predicted molar refractivity (Wildman–Crippen MR) is 81.8 cm³/mol. The Hall–Kier alpha value is -0.820. The van der Waals surface area contributed by atoms with Crippen LogP contribution in [0.15, 0.2) is 23.2 Å². The number of thiazole rings is 2. The van der Waals surface area contributed by atoms with Crippen molar-refractivity contribution in [1.82, 2.24) is 19.8 Å². The van der Waals surface area contributed by atoms with E-state index in [9.17, 15) is 0 Å². The molecule has 0 amide bonds. The smallest absolute Gasteiger partial charge is 0.107 e. The van der Waals surface area contributed by atoms with Gasteiger partial charge in [-0.25, -0.2) is 9.97 Å². The minimum atomic E-state index is 0.706. The molecule has 4 rings (SSSR count). The van der Waals surface area contributed by atoms with Crippen LogP contribution in [0.25, 0.3) is 0 Å². The van der Waals surface area contributed by atoms with Crippen LogP contribution >= 0.6 is 22.7 Å². The summed E-state index contributed by atoms with van der Waals surface area (Å²) in [5.41, 5.74) is 0. The van der Waals surface area contributed by atoms with Gasteiger partial charge in [-0.3, -0.25) is 9.80 Å². The normalized spacial score (nSPS) is 27.2. The fourth-order valence-electron chi connectivity index (χ4n) is 3.50. The largest absolute Gasteiger partial charge is 0.295 e. The van der Waals surface area contributed by atoms with Crippen LogP contribution < -0.4 is 0 Å². The summed E-state index contributed by atoms with van der Waals surface area (Å²) in [7, 11) is 0. The second-order valence-electron chi connectivity index (χ2n) is 5.73. The summed E-state index contributed by atoms with van der Waals surface area (Å²) in [6.07, 6.45) is 5.18. The molecular weight excluding hydrogens is 288 g/mol. The molecule has 4 heterocycles. The van der Waals surface area contributed by atoms with Crippen molar-refractivity contribution in [1.29, 1.82) is 0 Å². The maximum atomic E-state index is 4.43. The van der Waals surface area contributed by atoms with Gasteiger partial charge in [0, 0.05) is 48.8 Å². The van der Waals surface area contributed by atoms with Crippen LogP contribution in [0.3, 0.4) is 0 Å². The standard InChI is InChI=1S/C14H18N4S2/c1-3-19-13(15-1)9-17-6-11-5-12(8-17)18(7-11)10-14-16-2-4-20-14/h1-4,11-12H,5-10H2. The van der Waals surface area contributed by atoms with Crippen molar-refractivity contribution < 1.29 is 0 Å². The van der Waals surface area contributed by atoms with Crippen molar-refractivity contribution in [3.05, 3.63) is 33.2 Å². The van der Waals surface area contributed by atoms with E-state index < -0.39 is 0 Å². The summed E-state index contributed by atoms with van der Waals surface area (Å²) in [6, 6.07) is 0.706. The minimum absolute atomic E-state index is 0.706. The first-order valence-corrected chi connectivity index (χ1v) is 8.86. The van der Waals surface area contributed by atoms with E-state index in [1.165, 1.54) is 36.1 Å². The maximum absolute atomic E-state index is 4.43. The fraction of sp³-hybridized carbons (Fsp3) is 0.571. The number of likely N-dealkylation sites (tertiary alicyclic amines) is 2. The van der Waals surface area contributed by atoms with Gasteiger partial charge in [0.2, 0.25) is 0 Å². The minimum Gasteiger partial charge on any atom is -0.295 e. The molecule has 6 heteroatoms. The van der Waals surface area contributed by atoms with E-state index in [4.69, 9.17) is 0 Å². The molecule has 0 radical (unpaired) electrons. The van der Waals surface area contributed by atoms with Crippen molar-refractivity contribution in [3.63, 3.8) is 0 Å². The first-order valence-electron chi connectivity index (χ1n) is 7.10. The Morgan fingerprint density at radius 1 is 1.00 bits per heavy atom. The van der Waals surface area contributed by atoms with Gasteiger partial charge in [0.05, 0.1) is 13.1 Å². The molecule has 20 heavy (non-hydrogen) atoms. The monoisotopic (exact) mass is 306 g/mol. The Bertz CT molecular complexity index is 538. The molecule has 2 unspecified atom stereocenters. The van der Waals surface area contributed by atoms with Crippen molar-refractivity contribution in [2.45, 2.75) is 25.6 Å². The van der Waals surface area contributed by atoms with E-state index in [1.807, 2.05) is 12.4 Å². The molecule has 2 aromatic heterocycles. The Labute approximate surface area is 127 Å². The average Bonchev–Trinajstić information content (AvgIpc) is 3.14. The third kappa shape index (κ3) is 2.65. The number of hydrogen-bond donors (Lipinski definition) is 0. The summed E-state index contributed by atoms with van der Waals surface area (Å²) < 4.78 is 0. The third-order valence-corrected chi connectivity index (χ3v) is 5.79. The summed E-state index contributed by atoms with van der Waals surface area (Å²) >= 11 is 3.54. The quantitative estimate of drug-likeness (QED) is 0.868. The number of rotatable bonds is 4. The Balaban J connectivity index is 1.40. The van der Waals surface area contributed by atoms with Crippen LogP contribution in [0.5, 0.6) is 0 Å². The van der Waals surface area contributed by atoms with Gasteiger partial charge in [-0.15, -0.1) is 22.7 Å². The summed E-state index contributed by atoms with van der Waals surface area (Å²) in [5.74, 6) is 0.827. The van der Waals surface area contributed by atoms with Gasteiger partial charge in [0.1, 0.15) is 10.0 Å². The molecule has 2 fully saturated rings. The molecule has 2 atom stereocenters. The number of piperidine rings is 1. The summed E-state index contributed by atoms with van der Waals surface area (Å²) in [6.45, 7) is 5.70. The highest BCUT2D eigenvalue weighted by Gasteiger charge is 2.38. The first kappa shape index (κ1) is 12.9. The van der Waals surface area contributed by atoms with Gasteiger partial charge in [-0.2, -0.15) is 0 Å². The van der Waals surface area contributed by atoms with Crippen LogP contribution in [-0.2, 0) is 13.1 Å². The predicted octanol–water partition coefficient (Wildman–Crippen LogP) is 2.31. The lowest BCUT2D eigenvalue weighted by Gasteiger charge is -2.32. The zero-order valence-electron chi connectivity index (χ0n) is 11.3. The van der Waals surface area contributed by atoms with Gasteiger partial charge < -0.3 is 0 Å². The van der Waals surface area contributed by atoms with Crippen molar-refractivity contribution in [3.8, 4) is 0 Å². The Morgan fingerprint density at radius 2 is 1.75 bits per heavy atom. The second-order valence-corrected chi connectivity index (χ2v) is 7.69. The number of hydrogen-bond acceptors (Lipinski definition) is 6. The molecule has 106 valence electrons. The SMILES string of the molecule is c1csc(CN2CC3CC(C2)N(Cc2nccs2)C3)n1. The second kappa shape index (κ2) is 5.52. The lowest BCUT2D eigenvalue weighted by molar-refractivity contribution is 0.153. The lowest BCUT2D eigenvalue weighted by atomic mass is 10.0. The average molecular weight is 306 g/mol. The number of nitrogens with zero attached hydrogens (tertiary/aromatic N) is 4. The molecule has 2 saturated heterocycles. The number of fused-ring (bicyclic) bond motifs is 2. The molecule has 0 aliphatic carbocycles. The van der Waals surface area contributed by atoms with Crippen molar-refractivity contribution >= 4 is 22.7 Å². The molecule has 4 nitrogen and oxygen atoms in total. The first-order chi connectivity index (χ1) is 9.87. The van der Waals surface area contributed by atoms with Gasteiger partial charge in [0.25, 0.3) is 0 Å². The molecule has 0 aromatic carbocycles. The van der Waals surface area contributed by atoms with E-state index in [0.29, 0.717) is 6.04 Å². The van der Waals surface area contributed by atoms with Gasteiger partial charge in [-0.05, 0) is 12.3 Å². The van der Waals surface area contributed by atoms with E-state index in [-0.39, 0.29) is 0 Å². The molecule has 0 N–H and O–H groups in total. The molecule has 0 saturated carbocycles. The third-order valence-electron chi connectivity index (χ3n) is 4.26. The van der Waals surface area contributed by atoms with E-state index in [1.54, 1.807) is 22.7 Å². The van der Waals surface area contributed by atoms with Crippen LogP contribution in [0.1, 0.15) is 16.4 Å². The van der Waals surface area contributed by atoms with E-state index >= 15 is 0 Å². The Morgan fingerprint density at radius 3 is 2.45 bits per heavy atom. The van der Waals surface area contributed by atoms with Crippen LogP contribution in [0.2, 0.25) is 0 Å². The molecule has 2 aromatic rings. The topological polar surface area (TPSA) is 32.3 Å². The lowest BCUT2D eigenvalue weighted by Crippen LogP contribution is -2.41. The molecule has 0 spiro atoms. The summed E-state index contributed by atoms with van der Waals surface area (Å²) in [5, 5.41) is 6.65. The molecule has 2 aliphatic rings. The fourth-order valence-corrected chi connectivity index (χ4v) is 4.80. The maximum Gasteiger partial charge on any atom is 0.107 e.